The summed E-state index contributed by atoms with van der Waals surface area (Å²) in [7, 11) is 1.79. The summed E-state index contributed by atoms with van der Waals surface area (Å²) in [5.41, 5.74) is 2.79. The Morgan fingerprint density at radius 1 is 1.28 bits per heavy atom. The van der Waals surface area contributed by atoms with Crippen LogP contribution in [0.3, 0.4) is 0 Å². The number of benzene rings is 1. The van der Waals surface area contributed by atoms with Gasteiger partial charge in [-0.1, -0.05) is 30.7 Å². The maximum atomic E-state index is 5.56. The molecule has 2 nitrogen and oxygen atoms in total. The van der Waals surface area contributed by atoms with Crippen molar-refractivity contribution in [2.45, 2.75) is 51.2 Å². The van der Waals surface area contributed by atoms with E-state index in [-0.39, 0.29) is 5.60 Å². The third kappa shape index (κ3) is 3.33. The van der Waals surface area contributed by atoms with Gasteiger partial charge in [0.2, 0.25) is 0 Å². The molecule has 1 aliphatic heterocycles. The molecule has 0 saturated carbocycles. The van der Waals surface area contributed by atoms with Crippen LogP contribution in [0.4, 0.5) is 0 Å². The molecule has 1 aromatic carbocycles. The van der Waals surface area contributed by atoms with Crippen LogP contribution in [-0.4, -0.2) is 19.3 Å². The summed E-state index contributed by atoms with van der Waals surface area (Å²) in [6.45, 7) is 5.45. The second kappa shape index (κ2) is 5.85. The van der Waals surface area contributed by atoms with Crippen LogP contribution in [0.5, 0.6) is 0 Å². The van der Waals surface area contributed by atoms with Crippen LogP contribution in [0.1, 0.15) is 50.3 Å². The summed E-state index contributed by atoms with van der Waals surface area (Å²) in [6, 6.07) is 9.32. The van der Waals surface area contributed by atoms with Crippen molar-refractivity contribution < 1.29 is 4.74 Å². The Bertz CT molecular complexity index is 380. The SMILES string of the molecule is COC(C)(C)Cc1ccccc1C1CCCCN1. The van der Waals surface area contributed by atoms with Gasteiger partial charge >= 0.3 is 0 Å². The molecule has 1 atom stereocenters. The van der Waals surface area contributed by atoms with Crippen molar-refractivity contribution in [1.82, 2.24) is 5.32 Å². The molecule has 1 N–H and O–H groups in total. The lowest BCUT2D eigenvalue weighted by molar-refractivity contribution is 0.0229. The molecule has 0 bridgehead atoms. The maximum absolute atomic E-state index is 5.56. The summed E-state index contributed by atoms with van der Waals surface area (Å²) in [5.74, 6) is 0. The zero-order chi connectivity index (χ0) is 13.0. The fourth-order valence-corrected chi connectivity index (χ4v) is 2.68. The van der Waals surface area contributed by atoms with Gasteiger partial charge in [0.05, 0.1) is 5.60 Å². The number of methoxy groups -OCH3 is 1. The van der Waals surface area contributed by atoms with Crippen LogP contribution >= 0.6 is 0 Å². The first-order valence-corrected chi connectivity index (χ1v) is 6.99. The van der Waals surface area contributed by atoms with Crippen molar-refractivity contribution in [1.29, 1.82) is 0 Å². The van der Waals surface area contributed by atoms with Gasteiger partial charge in [0.1, 0.15) is 0 Å². The molecule has 0 spiro atoms. The molecule has 2 rings (SSSR count). The first-order valence-electron chi connectivity index (χ1n) is 6.99. The second-order valence-electron chi connectivity index (χ2n) is 5.84. The van der Waals surface area contributed by atoms with E-state index in [1.807, 2.05) is 0 Å². The quantitative estimate of drug-likeness (QED) is 0.879. The Balaban J connectivity index is 2.19. The number of piperidine rings is 1. The van der Waals surface area contributed by atoms with Gasteiger partial charge in [0, 0.05) is 19.6 Å². The van der Waals surface area contributed by atoms with Crippen LogP contribution in [0.2, 0.25) is 0 Å². The predicted molar refractivity (Wildman–Crippen MR) is 75.8 cm³/mol. The average molecular weight is 247 g/mol. The van der Waals surface area contributed by atoms with Crippen LogP contribution in [0.25, 0.3) is 0 Å². The Morgan fingerprint density at radius 3 is 2.72 bits per heavy atom. The third-order valence-corrected chi connectivity index (χ3v) is 3.91. The van der Waals surface area contributed by atoms with Gasteiger partial charge in [0.25, 0.3) is 0 Å². The Kier molecular flexibility index (Phi) is 4.41. The van der Waals surface area contributed by atoms with E-state index in [2.05, 4.69) is 43.4 Å². The van der Waals surface area contributed by atoms with Crippen molar-refractivity contribution in [3.63, 3.8) is 0 Å². The summed E-state index contributed by atoms with van der Waals surface area (Å²) in [5, 5.41) is 3.64. The van der Waals surface area contributed by atoms with Gasteiger partial charge in [-0.25, -0.2) is 0 Å². The molecule has 2 heteroatoms. The largest absolute Gasteiger partial charge is 0.378 e. The van der Waals surface area contributed by atoms with E-state index >= 15 is 0 Å². The summed E-state index contributed by atoms with van der Waals surface area (Å²) < 4.78 is 5.56. The van der Waals surface area contributed by atoms with E-state index in [1.54, 1.807) is 7.11 Å². The Labute approximate surface area is 111 Å². The summed E-state index contributed by atoms with van der Waals surface area (Å²) in [6.07, 6.45) is 4.87. The van der Waals surface area contributed by atoms with Crippen LogP contribution < -0.4 is 5.32 Å². The van der Waals surface area contributed by atoms with Gasteiger partial charge in [-0.15, -0.1) is 0 Å². The number of nitrogens with one attached hydrogen (secondary N) is 1. The molecule has 18 heavy (non-hydrogen) atoms. The van der Waals surface area contributed by atoms with Gasteiger partial charge in [-0.2, -0.15) is 0 Å². The van der Waals surface area contributed by atoms with Gasteiger partial charge < -0.3 is 10.1 Å². The molecule has 1 saturated heterocycles. The number of hydrogen-bond acceptors (Lipinski definition) is 2. The van der Waals surface area contributed by atoms with E-state index in [9.17, 15) is 0 Å². The molecule has 1 aliphatic rings. The molecular formula is C16H25NO. The monoisotopic (exact) mass is 247 g/mol. The maximum Gasteiger partial charge on any atom is 0.0663 e. The topological polar surface area (TPSA) is 21.3 Å². The zero-order valence-electron chi connectivity index (χ0n) is 11.8. The summed E-state index contributed by atoms with van der Waals surface area (Å²) in [4.78, 5) is 0. The van der Waals surface area contributed by atoms with Crippen molar-refractivity contribution in [3.05, 3.63) is 35.4 Å². The van der Waals surface area contributed by atoms with Crippen molar-refractivity contribution in [2.24, 2.45) is 0 Å². The highest BCUT2D eigenvalue weighted by Crippen LogP contribution is 2.28. The lowest BCUT2D eigenvalue weighted by atomic mass is 9.88. The number of rotatable bonds is 4. The van der Waals surface area contributed by atoms with E-state index in [4.69, 9.17) is 4.74 Å². The van der Waals surface area contributed by atoms with E-state index in [0.29, 0.717) is 6.04 Å². The van der Waals surface area contributed by atoms with Gasteiger partial charge in [0.15, 0.2) is 0 Å². The van der Waals surface area contributed by atoms with Crippen molar-refractivity contribution >= 4 is 0 Å². The minimum atomic E-state index is -0.0925. The highest BCUT2D eigenvalue weighted by Gasteiger charge is 2.22. The van der Waals surface area contributed by atoms with Crippen LogP contribution in [0, 0.1) is 0 Å². The smallest absolute Gasteiger partial charge is 0.0663 e. The molecular weight excluding hydrogens is 222 g/mol. The Morgan fingerprint density at radius 2 is 2.06 bits per heavy atom. The molecule has 1 unspecified atom stereocenters. The first kappa shape index (κ1) is 13.6. The first-order chi connectivity index (χ1) is 8.62. The van der Waals surface area contributed by atoms with Crippen molar-refractivity contribution in [3.8, 4) is 0 Å². The number of hydrogen-bond donors (Lipinski definition) is 1. The van der Waals surface area contributed by atoms with E-state index in [1.165, 1.54) is 30.4 Å². The normalized spacial score (nSPS) is 20.9. The summed E-state index contributed by atoms with van der Waals surface area (Å²) >= 11 is 0. The zero-order valence-corrected chi connectivity index (χ0v) is 11.8. The fourth-order valence-electron chi connectivity index (χ4n) is 2.68. The molecule has 1 fully saturated rings. The standard InChI is InChI=1S/C16H25NO/c1-16(2,18-3)12-13-8-4-5-9-14(13)15-10-6-7-11-17-15/h4-5,8-9,15,17H,6-7,10-12H2,1-3H3. The molecule has 0 amide bonds. The Hall–Kier alpha value is -0.860. The fraction of sp³-hybridized carbons (Fsp3) is 0.625. The molecule has 0 aliphatic carbocycles. The van der Waals surface area contributed by atoms with Crippen LogP contribution in [0.15, 0.2) is 24.3 Å². The molecule has 0 aromatic heterocycles. The van der Waals surface area contributed by atoms with E-state index in [0.717, 1.165) is 13.0 Å². The molecule has 0 radical (unpaired) electrons. The highest BCUT2D eigenvalue weighted by atomic mass is 16.5. The van der Waals surface area contributed by atoms with E-state index < -0.39 is 0 Å². The number of ether oxygens (including phenoxy) is 1. The lowest BCUT2D eigenvalue weighted by Gasteiger charge is -2.29. The van der Waals surface area contributed by atoms with Crippen LogP contribution in [-0.2, 0) is 11.2 Å². The predicted octanol–water partition coefficient (Wildman–Crippen LogP) is 3.47. The molecule has 100 valence electrons. The minimum Gasteiger partial charge on any atom is -0.378 e. The second-order valence-corrected chi connectivity index (χ2v) is 5.84. The van der Waals surface area contributed by atoms with Gasteiger partial charge in [-0.05, 0) is 44.4 Å². The molecule has 1 heterocycles. The highest BCUT2D eigenvalue weighted by molar-refractivity contribution is 5.31. The third-order valence-electron chi connectivity index (χ3n) is 3.91. The minimum absolute atomic E-state index is 0.0925. The van der Waals surface area contributed by atoms with Crippen molar-refractivity contribution in [2.75, 3.05) is 13.7 Å². The van der Waals surface area contributed by atoms with Gasteiger partial charge in [-0.3, -0.25) is 0 Å². The lowest BCUT2D eigenvalue weighted by Crippen LogP contribution is -2.30. The molecule has 1 aromatic rings. The average Bonchev–Trinajstić information content (AvgIpc) is 2.40.